The summed E-state index contributed by atoms with van der Waals surface area (Å²) in [5.74, 6) is -0.628. The number of amides is 1. The van der Waals surface area contributed by atoms with Crippen LogP contribution in [-0.4, -0.2) is 27.7 Å². The van der Waals surface area contributed by atoms with E-state index in [-0.39, 0.29) is 11.0 Å². The summed E-state index contributed by atoms with van der Waals surface area (Å²) in [5.41, 5.74) is 10.0. The van der Waals surface area contributed by atoms with E-state index in [0.717, 1.165) is 0 Å². The van der Waals surface area contributed by atoms with Crippen LogP contribution in [0.5, 0.6) is 0 Å². The lowest BCUT2D eigenvalue weighted by Gasteiger charge is -2.04. The van der Waals surface area contributed by atoms with Crippen molar-refractivity contribution in [3.05, 3.63) is 0 Å². The molecule has 0 spiro atoms. The van der Waals surface area contributed by atoms with Crippen LogP contribution in [-0.2, 0) is 15.6 Å². The van der Waals surface area contributed by atoms with Gasteiger partial charge in [0.25, 0.3) is 0 Å². The molecule has 0 aliphatic carbocycles. The lowest BCUT2D eigenvalue weighted by molar-refractivity contribution is -0.115. The minimum atomic E-state index is -1.19. The van der Waals surface area contributed by atoms with Gasteiger partial charge in [-0.1, -0.05) is 0 Å². The lowest BCUT2D eigenvalue weighted by Crippen LogP contribution is -2.29. The Labute approximate surface area is 62.4 Å². The van der Waals surface area contributed by atoms with Gasteiger partial charge in [0.15, 0.2) is 0 Å². The van der Waals surface area contributed by atoms with E-state index in [2.05, 4.69) is 0 Å². The van der Waals surface area contributed by atoms with Crippen LogP contribution in [0.3, 0.4) is 0 Å². The SMILES string of the molecule is CC(CN)S(=O)CC(N)=O. The minimum absolute atomic E-state index is 0.0850. The van der Waals surface area contributed by atoms with Crippen LogP contribution in [0.1, 0.15) is 6.92 Å². The Morgan fingerprint density at radius 2 is 2.20 bits per heavy atom. The van der Waals surface area contributed by atoms with Crippen molar-refractivity contribution in [2.75, 3.05) is 12.3 Å². The molecule has 5 heteroatoms. The molecule has 0 aromatic heterocycles. The third kappa shape index (κ3) is 3.58. The van der Waals surface area contributed by atoms with Crippen molar-refractivity contribution in [3.8, 4) is 0 Å². The van der Waals surface area contributed by atoms with Crippen molar-refractivity contribution in [2.24, 2.45) is 11.5 Å². The molecular formula is C5H12N2O2S. The van der Waals surface area contributed by atoms with Crippen molar-refractivity contribution in [3.63, 3.8) is 0 Å². The molecule has 0 aromatic rings. The smallest absolute Gasteiger partial charge is 0.230 e. The second-order valence-electron chi connectivity index (χ2n) is 2.04. The molecule has 0 saturated heterocycles. The molecule has 0 rings (SSSR count). The van der Waals surface area contributed by atoms with Gasteiger partial charge in [0.2, 0.25) is 5.91 Å². The van der Waals surface area contributed by atoms with Crippen LogP contribution in [0.25, 0.3) is 0 Å². The maximum Gasteiger partial charge on any atom is 0.230 e. The molecule has 0 fully saturated rings. The van der Waals surface area contributed by atoms with Crippen molar-refractivity contribution >= 4 is 16.7 Å². The largest absolute Gasteiger partial charge is 0.369 e. The van der Waals surface area contributed by atoms with Gasteiger partial charge in [-0.15, -0.1) is 0 Å². The maximum atomic E-state index is 10.9. The van der Waals surface area contributed by atoms with Gasteiger partial charge >= 0.3 is 0 Å². The van der Waals surface area contributed by atoms with Gasteiger partial charge in [-0.25, -0.2) is 0 Å². The first-order valence-electron chi connectivity index (χ1n) is 2.93. The van der Waals surface area contributed by atoms with Crippen LogP contribution < -0.4 is 11.5 Å². The third-order valence-electron chi connectivity index (χ3n) is 1.07. The topological polar surface area (TPSA) is 86.2 Å². The highest BCUT2D eigenvalue weighted by Gasteiger charge is 2.10. The first-order chi connectivity index (χ1) is 4.57. The zero-order chi connectivity index (χ0) is 8.15. The Kier molecular flexibility index (Phi) is 4.22. The Balaban J connectivity index is 3.73. The van der Waals surface area contributed by atoms with Gasteiger partial charge in [-0.05, 0) is 6.92 Å². The number of hydrogen-bond acceptors (Lipinski definition) is 3. The zero-order valence-electron chi connectivity index (χ0n) is 5.87. The summed E-state index contributed by atoms with van der Waals surface area (Å²) in [7, 11) is -1.19. The van der Waals surface area contributed by atoms with E-state index < -0.39 is 16.7 Å². The van der Waals surface area contributed by atoms with E-state index in [1.165, 1.54) is 0 Å². The molecule has 4 N–H and O–H groups in total. The molecule has 0 radical (unpaired) electrons. The first kappa shape index (κ1) is 9.58. The van der Waals surface area contributed by atoms with Gasteiger partial charge in [0, 0.05) is 22.6 Å². The Morgan fingerprint density at radius 3 is 2.50 bits per heavy atom. The normalized spacial score (nSPS) is 16.2. The predicted molar refractivity (Wildman–Crippen MR) is 40.7 cm³/mol. The molecule has 10 heavy (non-hydrogen) atoms. The number of carbonyl (C=O) groups excluding carboxylic acids is 1. The van der Waals surface area contributed by atoms with Gasteiger partial charge in [-0.3, -0.25) is 9.00 Å². The number of carbonyl (C=O) groups is 1. The molecule has 0 saturated carbocycles. The van der Waals surface area contributed by atoms with Crippen LogP contribution in [0, 0.1) is 0 Å². The highest BCUT2D eigenvalue weighted by Crippen LogP contribution is 1.91. The highest BCUT2D eigenvalue weighted by atomic mass is 32.2. The van der Waals surface area contributed by atoms with E-state index in [1.54, 1.807) is 6.92 Å². The molecule has 0 aliphatic heterocycles. The second kappa shape index (κ2) is 4.40. The van der Waals surface area contributed by atoms with E-state index in [1.807, 2.05) is 0 Å². The average Bonchev–Trinajstić information content (AvgIpc) is 1.85. The summed E-state index contributed by atoms with van der Waals surface area (Å²) in [6.07, 6.45) is 0. The predicted octanol–water partition coefficient (Wildman–Crippen LogP) is -1.43. The van der Waals surface area contributed by atoms with Crippen molar-refractivity contribution in [2.45, 2.75) is 12.2 Å². The van der Waals surface area contributed by atoms with E-state index in [4.69, 9.17) is 11.5 Å². The fourth-order valence-corrected chi connectivity index (χ4v) is 1.17. The standard InChI is InChI=1S/C5H12N2O2S/c1-4(2-6)10(9)3-5(7)8/h4H,2-3,6H2,1H3,(H2,7,8). The van der Waals surface area contributed by atoms with Gasteiger partial charge in [0.05, 0.1) is 0 Å². The molecular weight excluding hydrogens is 152 g/mol. The van der Waals surface area contributed by atoms with Crippen molar-refractivity contribution in [1.82, 2.24) is 0 Å². The lowest BCUT2D eigenvalue weighted by atomic mass is 10.5. The molecule has 2 unspecified atom stereocenters. The first-order valence-corrected chi connectivity index (χ1v) is 4.31. The summed E-state index contributed by atoms with van der Waals surface area (Å²) < 4.78 is 10.9. The van der Waals surface area contributed by atoms with Crippen LogP contribution in [0.2, 0.25) is 0 Å². The molecule has 0 bridgehead atoms. The fourth-order valence-electron chi connectivity index (χ4n) is 0.390. The molecule has 0 aromatic carbocycles. The Morgan fingerprint density at radius 1 is 1.70 bits per heavy atom. The second-order valence-corrected chi connectivity index (χ2v) is 3.89. The number of rotatable bonds is 4. The van der Waals surface area contributed by atoms with Crippen LogP contribution in [0.4, 0.5) is 0 Å². The van der Waals surface area contributed by atoms with E-state index >= 15 is 0 Å². The summed E-state index contributed by atoms with van der Waals surface area (Å²) in [6.45, 7) is 2.04. The Bertz CT molecular complexity index is 149. The van der Waals surface area contributed by atoms with Crippen molar-refractivity contribution < 1.29 is 9.00 Å². The zero-order valence-corrected chi connectivity index (χ0v) is 6.69. The van der Waals surface area contributed by atoms with E-state index in [0.29, 0.717) is 6.54 Å². The average molecular weight is 164 g/mol. The molecule has 2 atom stereocenters. The minimum Gasteiger partial charge on any atom is -0.369 e. The quantitative estimate of drug-likeness (QED) is 0.534. The number of hydrogen-bond donors (Lipinski definition) is 2. The van der Waals surface area contributed by atoms with Crippen LogP contribution in [0.15, 0.2) is 0 Å². The summed E-state index contributed by atoms with van der Waals surface area (Å²) in [4.78, 5) is 10.2. The van der Waals surface area contributed by atoms with Crippen LogP contribution >= 0.6 is 0 Å². The summed E-state index contributed by atoms with van der Waals surface area (Å²) in [5, 5.41) is -0.146. The summed E-state index contributed by atoms with van der Waals surface area (Å²) >= 11 is 0. The van der Waals surface area contributed by atoms with Crippen molar-refractivity contribution in [1.29, 1.82) is 0 Å². The Hall–Kier alpha value is -0.420. The molecule has 0 heterocycles. The summed E-state index contributed by atoms with van der Waals surface area (Å²) in [6, 6.07) is 0. The third-order valence-corrected chi connectivity index (χ3v) is 2.72. The fraction of sp³-hybridized carbons (Fsp3) is 0.800. The van der Waals surface area contributed by atoms with Gasteiger partial charge < -0.3 is 11.5 Å². The molecule has 1 amide bonds. The number of primary amides is 1. The molecule has 4 nitrogen and oxygen atoms in total. The van der Waals surface area contributed by atoms with Gasteiger partial charge in [0.1, 0.15) is 5.75 Å². The van der Waals surface area contributed by atoms with E-state index in [9.17, 15) is 9.00 Å². The molecule has 0 aliphatic rings. The van der Waals surface area contributed by atoms with Gasteiger partial charge in [-0.2, -0.15) is 0 Å². The maximum absolute atomic E-state index is 10.9. The highest BCUT2D eigenvalue weighted by molar-refractivity contribution is 7.86. The monoisotopic (exact) mass is 164 g/mol. The molecule has 60 valence electrons. The number of nitrogens with two attached hydrogens (primary N) is 2.